The van der Waals surface area contributed by atoms with Gasteiger partial charge in [-0.1, -0.05) is 19.1 Å². The van der Waals surface area contributed by atoms with Gasteiger partial charge < -0.3 is 0 Å². The molecule has 0 aliphatic carbocycles. The Kier molecular flexibility index (Phi) is 3.83. The summed E-state index contributed by atoms with van der Waals surface area (Å²) < 4.78 is 14.9. The molecule has 0 fully saturated rings. The molecule has 5 heteroatoms. The minimum Gasteiger partial charge on any atom is -0.296 e. The summed E-state index contributed by atoms with van der Waals surface area (Å²) in [5, 5.41) is 0.646. The van der Waals surface area contributed by atoms with Crippen LogP contribution >= 0.6 is 11.3 Å². The van der Waals surface area contributed by atoms with E-state index in [9.17, 15) is 9.18 Å². The van der Waals surface area contributed by atoms with E-state index in [0.29, 0.717) is 11.9 Å². The summed E-state index contributed by atoms with van der Waals surface area (Å²) in [5.74, 6) is 0.463. The number of nitrogens with zero attached hydrogens (tertiary/aromatic N) is 2. The second-order valence-corrected chi connectivity index (χ2v) is 6.54. The zero-order chi connectivity index (χ0) is 15.9. The van der Waals surface area contributed by atoms with E-state index < -0.39 is 0 Å². The van der Waals surface area contributed by atoms with Gasteiger partial charge in [0.1, 0.15) is 16.5 Å². The van der Waals surface area contributed by atoms with Gasteiger partial charge in [0.2, 0.25) is 0 Å². The van der Waals surface area contributed by atoms with Crippen molar-refractivity contribution < 1.29 is 4.39 Å². The number of rotatable bonds is 3. The standard InChI is InChI=1S/C17H17FN2OS/c1-4-9-20-11(3)19-16-15(17(20)21)14(10(2)22-16)12-5-7-13(18)8-6-12/h5-8H,4,9H2,1-3H3. The van der Waals surface area contributed by atoms with Crippen LogP contribution in [0, 0.1) is 19.7 Å². The minimum absolute atomic E-state index is 0.00646. The van der Waals surface area contributed by atoms with Gasteiger partial charge in [0.05, 0.1) is 5.39 Å². The summed E-state index contributed by atoms with van der Waals surface area (Å²) in [7, 11) is 0. The number of benzene rings is 1. The van der Waals surface area contributed by atoms with Crippen LogP contribution in [-0.2, 0) is 6.54 Å². The number of halogens is 1. The molecule has 0 atom stereocenters. The SMILES string of the molecule is CCCn1c(C)nc2sc(C)c(-c3ccc(F)cc3)c2c1=O. The van der Waals surface area contributed by atoms with E-state index in [1.165, 1.54) is 23.5 Å². The molecular weight excluding hydrogens is 299 g/mol. The Labute approximate surface area is 132 Å². The van der Waals surface area contributed by atoms with E-state index in [1.54, 1.807) is 16.7 Å². The third kappa shape index (κ3) is 2.35. The fourth-order valence-corrected chi connectivity index (χ4v) is 3.83. The first-order valence-corrected chi connectivity index (χ1v) is 8.11. The summed E-state index contributed by atoms with van der Waals surface area (Å²) in [4.78, 5) is 19.2. The third-order valence-corrected chi connectivity index (χ3v) is 4.76. The van der Waals surface area contributed by atoms with Gasteiger partial charge >= 0.3 is 0 Å². The summed E-state index contributed by atoms with van der Waals surface area (Å²) in [6.45, 7) is 6.54. The van der Waals surface area contributed by atoms with Gasteiger partial charge in [-0.3, -0.25) is 9.36 Å². The van der Waals surface area contributed by atoms with Crippen molar-refractivity contribution in [1.29, 1.82) is 0 Å². The van der Waals surface area contributed by atoms with Gasteiger partial charge in [0, 0.05) is 17.0 Å². The first-order chi connectivity index (χ1) is 10.5. The van der Waals surface area contributed by atoms with E-state index in [-0.39, 0.29) is 11.4 Å². The molecule has 3 aromatic rings. The van der Waals surface area contributed by atoms with Gasteiger partial charge in [-0.15, -0.1) is 11.3 Å². The first-order valence-electron chi connectivity index (χ1n) is 7.29. The molecule has 22 heavy (non-hydrogen) atoms. The molecule has 0 bridgehead atoms. The van der Waals surface area contributed by atoms with Crippen molar-refractivity contribution in [2.24, 2.45) is 0 Å². The van der Waals surface area contributed by atoms with Crippen LogP contribution in [-0.4, -0.2) is 9.55 Å². The molecule has 0 amide bonds. The summed E-state index contributed by atoms with van der Waals surface area (Å²) in [6, 6.07) is 6.27. The van der Waals surface area contributed by atoms with E-state index >= 15 is 0 Å². The molecule has 3 rings (SSSR count). The van der Waals surface area contributed by atoms with Crippen molar-refractivity contribution in [3.63, 3.8) is 0 Å². The quantitative estimate of drug-likeness (QED) is 0.722. The maximum absolute atomic E-state index is 13.2. The summed E-state index contributed by atoms with van der Waals surface area (Å²) in [5.41, 5.74) is 1.73. The largest absolute Gasteiger partial charge is 0.296 e. The van der Waals surface area contributed by atoms with Crippen molar-refractivity contribution >= 4 is 21.6 Å². The molecule has 0 saturated carbocycles. The van der Waals surface area contributed by atoms with E-state index in [4.69, 9.17) is 0 Å². The van der Waals surface area contributed by atoms with Gasteiger partial charge in [-0.05, 0) is 38.0 Å². The Morgan fingerprint density at radius 2 is 1.91 bits per heavy atom. The van der Waals surface area contributed by atoms with Gasteiger partial charge in [-0.2, -0.15) is 0 Å². The smallest absolute Gasteiger partial charge is 0.262 e. The lowest BCUT2D eigenvalue weighted by Gasteiger charge is -2.08. The fourth-order valence-electron chi connectivity index (χ4n) is 2.75. The van der Waals surface area contributed by atoms with Gasteiger partial charge in [0.25, 0.3) is 5.56 Å². The predicted molar refractivity (Wildman–Crippen MR) is 89.0 cm³/mol. The van der Waals surface area contributed by atoms with Crippen LogP contribution in [0.2, 0.25) is 0 Å². The fraction of sp³-hybridized carbons (Fsp3) is 0.294. The molecule has 114 valence electrons. The molecule has 0 N–H and O–H groups in total. The van der Waals surface area contributed by atoms with Crippen LogP contribution in [0.3, 0.4) is 0 Å². The van der Waals surface area contributed by atoms with Crippen molar-refractivity contribution in [2.45, 2.75) is 33.7 Å². The molecule has 2 heterocycles. The third-order valence-electron chi connectivity index (χ3n) is 3.76. The lowest BCUT2D eigenvalue weighted by atomic mass is 10.0. The number of hydrogen-bond donors (Lipinski definition) is 0. The predicted octanol–water partition coefficient (Wildman–Crippen LogP) is 4.29. The molecule has 0 aliphatic heterocycles. The molecule has 3 nitrogen and oxygen atoms in total. The maximum atomic E-state index is 13.2. The second-order valence-electron chi connectivity index (χ2n) is 5.34. The Morgan fingerprint density at radius 1 is 1.23 bits per heavy atom. The zero-order valence-corrected chi connectivity index (χ0v) is 13.6. The lowest BCUT2D eigenvalue weighted by Crippen LogP contribution is -2.23. The van der Waals surface area contributed by atoms with E-state index in [2.05, 4.69) is 4.98 Å². The number of thiophene rings is 1. The molecule has 0 spiro atoms. The van der Waals surface area contributed by atoms with Gasteiger partial charge in [-0.25, -0.2) is 9.37 Å². The highest BCUT2D eigenvalue weighted by molar-refractivity contribution is 7.19. The van der Waals surface area contributed by atoms with Crippen LogP contribution in [0.5, 0.6) is 0 Å². The topological polar surface area (TPSA) is 34.9 Å². The summed E-state index contributed by atoms with van der Waals surface area (Å²) >= 11 is 1.51. The number of hydrogen-bond acceptors (Lipinski definition) is 3. The lowest BCUT2D eigenvalue weighted by molar-refractivity contribution is 0.626. The molecule has 0 radical (unpaired) electrons. The second kappa shape index (κ2) is 5.65. The Hall–Kier alpha value is -2.01. The highest BCUT2D eigenvalue weighted by atomic mass is 32.1. The van der Waals surface area contributed by atoms with Crippen LogP contribution < -0.4 is 5.56 Å². The van der Waals surface area contributed by atoms with Crippen molar-refractivity contribution in [1.82, 2.24) is 9.55 Å². The molecule has 1 aromatic carbocycles. The molecule has 0 saturated heterocycles. The monoisotopic (exact) mass is 316 g/mol. The average Bonchev–Trinajstić information content (AvgIpc) is 2.80. The van der Waals surface area contributed by atoms with E-state index in [1.807, 2.05) is 20.8 Å². The van der Waals surface area contributed by atoms with Crippen molar-refractivity contribution in [3.8, 4) is 11.1 Å². The molecule has 2 aromatic heterocycles. The highest BCUT2D eigenvalue weighted by Crippen LogP contribution is 2.35. The first kappa shape index (κ1) is 14.9. The average molecular weight is 316 g/mol. The van der Waals surface area contributed by atoms with Crippen LogP contribution in [0.25, 0.3) is 21.3 Å². The minimum atomic E-state index is -0.279. The van der Waals surface area contributed by atoms with Crippen LogP contribution in [0.15, 0.2) is 29.1 Å². The summed E-state index contributed by atoms with van der Waals surface area (Å²) in [6.07, 6.45) is 0.878. The zero-order valence-electron chi connectivity index (χ0n) is 12.8. The maximum Gasteiger partial charge on any atom is 0.262 e. The van der Waals surface area contributed by atoms with E-state index in [0.717, 1.165) is 33.1 Å². The number of aromatic nitrogens is 2. The van der Waals surface area contributed by atoms with Crippen LogP contribution in [0.4, 0.5) is 4.39 Å². The number of fused-ring (bicyclic) bond motifs is 1. The molecule has 0 unspecified atom stereocenters. The van der Waals surface area contributed by atoms with Crippen molar-refractivity contribution in [2.75, 3.05) is 0 Å². The number of aryl methyl sites for hydroxylation is 2. The molecular formula is C17H17FN2OS. The highest BCUT2D eigenvalue weighted by Gasteiger charge is 2.18. The Morgan fingerprint density at radius 3 is 2.55 bits per heavy atom. The van der Waals surface area contributed by atoms with Crippen molar-refractivity contribution in [3.05, 3.63) is 51.1 Å². The Bertz CT molecular complexity index is 894. The normalized spacial score (nSPS) is 11.3. The molecule has 0 aliphatic rings. The Balaban J connectivity index is 2.35. The van der Waals surface area contributed by atoms with Crippen LogP contribution in [0.1, 0.15) is 24.0 Å². The van der Waals surface area contributed by atoms with Gasteiger partial charge in [0.15, 0.2) is 0 Å².